The van der Waals surface area contributed by atoms with Crippen LogP contribution < -0.4 is 10.6 Å². The fourth-order valence-electron chi connectivity index (χ4n) is 2.12. The van der Waals surface area contributed by atoms with Gasteiger partial charge in [-0.05, 0) is 19.4 Å². The molecule has 0 bridgehead atoms. The van der Waals surface area contributed by atoms with Crippen molar-refractivity contribution in [1.29, 1.82) is 0 Å². The zero-order chi connectivity index (χ0) is 12.1. The molecule has 6 nitrogen and oxygen atoms in total. The Kier molecular flexibility index (Phi) is 4.11. The van der Waals surface area contributed by atoms with Crippen molar-refractivity contribution in [2.75, 3.05) is 32.1 Å². The number of aromatic amines is 1. The number of piperidine rings is 1. The maximum absolute atomic E-state index is 11.5. The number of aromatic nitrogens is 2. The van der Waals surface area contributed by atoms with E-state index in [0.29, 0.717) is 5.92 Å². The standard InChI is InChI=1S/C11H18N4O2/c1-17-7-10(16)14-9-6-13-15-11(9)8-3-2-4-12-5-8/h6,8,12H,2-5,7H2,1H3,(H,13,15)(H,14,16). The van der Waals surface area contributed by atoms with Crippen LogP contribution in [0.4, 0.5) is 5.69 Å². The molecule has 0 radical (unpaired) electrons. The minimum absolute atomic E-state index is 0.0630. The quantitative estimate of drug-likeness (QED) is 0.712. The van der Waals surface area contributed by atoms with E-state index in [1.54, 1.807) is 6.20 Å². The minimum atomic E-state index is -0.154. The molecule has 1 aliphatic heterocycles. The van der Waals surface area contributed by atoms with E-state index in [0.717, 1.165) is 37.3 Å². The Morgan fingerprint density at radius 3 is 3.29 bits per heavy atom. The Bertz CT molecular complexity index is 371. The summed E-state index contributed by atoms with van der Waals surface area (Å²) in [5.41, 5.74) is 1.77. The van der Waals surface area contributed by atoms with Crippen molar-refractivity contribution >= 4 is 11.6 Å². The van der Waals surface area contributed by atoms with Crippen LogP contribution in [0, 0.1) is 0 Å². The van der Waals surface area contributed by atoms with Crippen molar-refractivity contribution in [1.82, 2.24) is 15.5 Å². The molecule has 0 spiro atoms. The van der Waals surface area contributed by atoms with Gasteiger partial charge in [0, 0.05) is 19.6 Å². The highest BCUT2D eigenvalue weighted by molar-refractivity contribution is 5.92. The fraction of sp³-hybridized carbons (Fsp3) is 0.636. The van der Waals surface area contributed by atoms with Crippen molar-refractivity contribution in [3.63, 3.8) is 0 Å². The van der Waals surface area contributed by atoms with Crippen LogP contribution in [0.25, 0.3) is 0 Å². The van der Waals surface area contributed by atoms with Crippen LogP contribution in [0.15, 0.2) is 6.20 Å². The molecule has 1 unspecified atom stereocenters. The smallest absolute Gasteiger partial charge is 0.250 e. The van der Waals surface area contributed by atoms with E-state index in [4.69, 9.17) is 4.74 Å². The number of carbonyl (C=O) groups is 1. The Morgan fingerprint density at radius 1 is 1.71 bits per heavy atom. The van der Waals surface area contributed by atoms with Crippen molar-refractivity contribution in [3.05, 3.63) is 11.9 Å². The van der Waals surface area contributed by atoms with Gasteiger partial charge in [-0.3, -0.25) is 9.89 Å². The number of nitrogens with zero attached hydrogens (tertiary/aromatic N) is 1. The third kappa shape index (κ3) is 3.04. The average molecular weight is 238 g/mol. The summed E-state index contributed by atoms with van der Waals surface area (Å²) in [5.74, 6) is 0.239. The highest BCUT2D eigenvalue weighted by atomic mass is 16.5. The number of nitrogens with one attached hydrogen (secondary N) is 3. The lowest BCUT2D eigenvalue weighted by molar-refractivity contribution is -0.119. The molecule has 94 valence electrons. The molecule has 2 heterocycles. The lowest BCUT2D eigenvalue weighted by atomic mass is 9.95. The van der Waals surface area contributed by atoms with E-state index >= 15 is 0 Å². The van der Waals surface area contributed by atoms with Gasteiger partial charge in [0.2, 0.25) is 5.91 Å². The zero-order valence-corrected chi connectivity index (χ0v) is 9.95. The second-order valence-electron chi connectivity index (χ2n) is 4.22. The molecule has 1 atom stereocenters. The van der Waals surface area contributed by atoms with Gasteiger partial charge in [0.1, 0.15) is 6.61 Å². The summed E-state index contributed by atoms with van der Waals surface area (Å²) in [5, 5.41) is 13.1. The number of amides is 1. The lowest BCUT2D eigenvalue weighted by Crippen LogP contribution is -2.29. The summed E-state index contributed by atoms with van der Waals surface area (Å²) < 4.78 is 4.78. The first-order valence-corrected chi connectivity index (χ1v) is 5.84. The maximum atomic E-state index is 11.5. The van der Waals surface area contributed by atoms with Crippen LogP contribution in [-0.2, 0) is 9.53 Å². The van der Waals surface area contributed by atoms with Gasteiger partial charge in [0.25, 0.3) is 0 Å². The first-order chi connectivity index (χ1) is 8.31. The number of methoxy groups -OCH3 is 1. The molecule has 3 N–H and O–H groups in total. The molecule has 0 aliphatic carbocycles. The first-order valence-electron chi connectivity index (χ1n) is 5.84. The van der Waals surface area contributed by atoms with Crippen LogP contribution in [0.5, 0.6) is 0 Å². The van der Waals surface area contributed by atoms with Gasteiger partial charge in [0.15, 0.2) is 0 Å². The Labute approximate surface area is 100 Å². The van der Waals surface area contributed by atoms with Crippen molar-refractivity contribution in [2.24, 2.45) is 0 Å². The SMILES string of the molecule is COCC(=O)Nc1cn[nH]c1C1CCCNC1. The molecule has 1 aliphatic rings. The third-order valence-electron chi connectivity index (χ3n) is 2.92. The number of H-pyrrole nitrogens is 1. The lowest BCUT2D eigenvalue weighted by Gasteiger charge is -2.22. The molecule has 0 saturated carbocycles. The van der Waals surface area contributed by atoms with E-state index in [1.807, 2.05) is 0 Å². The normalized spacial score (nSPS) is 20.2. The molecule has 1 amide bonds. The summed E-state index contributed by atoms with van der Waals surface area (Å²) in [6.45, 7) is 2.05. The van der Waals surface area contributed by atoms with E-state index in [-0.39, 0.29) is 12.5 Å². The Hall–Kier alpha value is -1.40. The van der Waals surface area contributed by atoms with Crippen molar-refractivity contribution < 1.29 is 9.53 Å². The molecule has 2 rings (SSSR count). The molecular formula is C11H18N4O2. The van der Waals surface area contributed by atoms with E-state index < -0.39 is 0 Å². The second kappa shape index (κ2) is 5.79. The van der Waals surface area contributed by atoms with Crippen LogP contribution in [0.3, 0.4) is 0 Å². The van der Waals surface area contributed by atoms with Gasteiger partial charge in [0.05, 0.1) is 17.6 Å². The highest BCUT2D eigenvalue weighted by Crippen LogP contribution is 2.27. The summed E-state index contributed by atoms with van der Waals surface area (Å²) >= 11 is 0. The second-order valence-corrected chi connectivity index (χ2v) is 4.22. The topological polar surface area (TPSA) is 79.0 Å². The van der Waals surface area contributed by atoms with Gasteiger partial charge in [-0.1, -0.05) is 0 Å². The van der Waals surface area contributed by atoms with Gasteiger partial charge in [-0.15, -0.1) is 0 Å². The molecule has 17 heavy (non-hydrogen) atoms. The largest absolute Gasteiger partial charge is 0.375 e. The average Bonchev–Trinajstić information content (AvgIpc) is 2.78. The third-order valence-corrected chi connectivity index (χ3v) is 2.92. The van der Waals surface area contributed by atoms with Crippen LogP contribution in [-0.4, -0.2) is 42.9 Å². The molecule has 1 aromatic heterocycles. The number of anilines is 1. The van der Waals surface area contributed by atoms with Gasteiger partial charge < -0.3 is 15.4 Å². The van der Waals surface area contributed by atoms with Crippen LogP contribution >= 0.6 is 0 Å². The fourth-order valence-corrected chi connectivity index (χ4v) is 2.12. The summed E-state index contributed by atoms with van der Waals surface area (Å²) in [6, 6.07) is 0. The number of rotatable bonds is 4. The van der Waals surface area contributed by atoms with E-state index in [2.05, 4.69) is 20.8 Å². The Balaban J connectivity index is 2.02. The summed E-state index contributed by atoms with van der Waals surface area (Å²) in [4.78, 5) is 11.5. The molecular weight excluding hydrogens is 220 g/mol. The van der Waals surface area contributed by atoms with Crippen molar-refractivity contribution in [2.45, 2.75) is 18.8 Å². The number of ether oxygens (including phenoxy) is 1. The van der Waals surface area contributed by atoms with Gasteiger partial charge in [-0.25, -0.2) is 0 Å². The molecule has 1 aromatic rings. The van der Waals surface area contributed by atoms with E-state index in [1.165, 1.54) is 7.11 Å². The molecule has 1 fully saturated rings. The first kappa shape index (κ1) is 12.1. The molecule has 0 aromatic carbocycles. The number of hydrogen-bond donors (Lipinski definition) is 3. The molecule has 6 heteroatoms. The highest BCUT2D eigenvalue weighted by Gasteiger charge is 2.20. The summed E-state index contributed by atoms with van der Waals surface area (Å²) in [7, 11) is 1.50. The van der Waals surface area contributed by atoms with Gasteiger partial charge in [-0.2, -0.15) is 5.10 Å². The Morgan fingerprint density at radius 2 is 2.59 bits per heavy atom. The number of carbonyl (C=O) groups excluding carboxylic acids is 1. The predicted molar refractivity (Wildman–Crippen MR) is 63.9 cm³/mol. The monoisotopic (exact) mass is 238 g/mol. The van der Waals surface area contributed by atoms with Crippen molar-refractivity contribution in [3.8, 4) is 0 Å². The minimum Gasteiger partial charge on any atom is -0.375 e. The van der Waals surface area contributed by atoms with Crippen LogP contribution in [0.1, 0.15) is 24.5 Å². The van der Waals surface area contributed by atoms with Gasteiger partial charge >= 0.3 is 0 Å². The van der Waals surface area contributed by atoms with Crippen LogP contribution in [0.2, 0.25) is 0 Å². The number of hydrogen-bond acceptors (Lipinski definition) is 4. The molecule has 1 saturated heterocycles. The zero-order valence-electron chi connectivity index (χ0n) is 9.95. The maximum Gasteiger partial charge on any atom is 0.250 e. The van der Waals surface area contributed by atoms with E-state index in [9.17, 15) is 4.79 Å². The summed E-state index contributed by atoms with van der Waals surface area (Å²) in [6.07, 6.45) is 3.91. The predicted octanol–water partition coefficient (Wildman–Crippen LogP) is 0.462.